The highest BCUT2D eigenvalue weighted by molar-refractivity contribution is 8.00. The van der Waals surface area contributed by atoms with Crippen LogP contribution < -0.4 is 5.73 Å². The van der Waals surface area contributed by atoms with Gasteiger partial charge < -0.3 is 5.73 Å². The van der Waals surface area contributed by atoms with Crippen molar-refractivity contribution in [2.24, 2.45) is 11.7 Å². The maximum atomic E-state index is 14.0. The van der Waals surface area contributed by atoms with Gasteiger partial charge in [0.15, 0.2) is 22.6 Å². The first kappa shape index (κ1) is 20.0. The molecule has 1 amide bonds. The summed E-state index contributed by atoms with van der Waals surface area (Å²) in [5.41, 5.74) is 5.93. The third kappa shape index (κ3) is 3.66. The number of hydrogen-bond donors (Lipinski definition) is 1. The lowest BCUT2D eigenvalue weighted by atomic mass is 9.92. The predicted molar refractivity (Wildman–Crippen MR) is 102 cm³/mol. The molecule has 7 nitrogen and oxygen atoms in total. The van der Waals surface area contributed by atoms with E-state index in [9.17, 15) is 18.4 Å². The number of thioether (sulfide) groups is 1. The molecule has 3 heterocycles. The number of primary amides is 1. The number of piperidine rings is 1. The lowest BCUT2D eigenvalue weighted by Gasteiger charge is -2.38. The van der Waals surface area contributed by atoms with Crippen molar-refractivity contribution in [3.63, 3.8) is 0 Å². The van der Waals surface area contributed by atoms with Gasteiger partial charge in [-0.25, -0.2) is 13.8 Å². The van der Waals surface area contributed by atoms with Crippen molar-refractivity contribution in [2.45, 2.75) is 42.6 Å². The molecule has 0 bridgehead atoms. The van der Waals surface area contributed by atoms with E-state index in [0.29, 0.717) is 48.9 Å². The number of likely N-dealkylation sites (tertiary alicyclic amines) is 1. The first-order chi connectivity index (χ1) is 13.9. The summed E-state index contributed by atoms with van der Waals surface area (Å²) < 4.78 is 28.8. The van der Waals surface area contributed by atoms with E-state index in [4.69, 9.17) is 5.73 Å². The highest BCUT2D eigenvalue weighted by Gasteiger charge is 2.44. The molecular formula is C19H21F2N5O2S. The molecule has 154 valence electrons. The Morgan fingerprint density at radius 2 is 2.03 bits per heavy atom. The summed E-state index contributed by atoms with van der Waals surface area (Å²) in [5.74, 6) is -2.09. The Hall–Kier alpha value is -2.33. The number of fused-ring (bicyclic) bond motifs is 1. The van der Waals surface area contributed by atoms with Crippen LogP contribution in [0.3, 0.4) is 0 Å². The Bertz CT molecular complexity index is 958. The molecule has 1 saturated heterocycles. The van der Waals surface area contributed by atoms with Crippen LogP contribution >= 0.6 is 11.8 Å². The van der Waals surface area contributed by atoms with E-state index < -0.39 is 22.9 Å². The molecule has 1 fully saturated rings. The number of nitrogens with zero attached hydrogens (tertiary/aromatic N) is 4. The summed E-state index contributed by atoms with van der Waals surface area (Å²) in [7, 11) is 0. The molecule has 10 heteroatoms. The van der Waals surface area contributed by atoms with E-state index in [2.05, 4.69) is 10.1 Å². The van der Waals surface area contributed by atoms with Crippen LogP contribution in [0.1, 0.15) is 42.0 Å². The van der Waals surface area contributed by atoms with Gasteiger partial charge in [0.1, 0.15) is 5.25 Å². The minimum atomic E-state index is -0.959. The van der Waals surface area contributed by atoms with Gasteiger partial charge in [0.05, 0.1) is 6.04 Å². The second kappa shape index (κ2) is 7.83. The normalized spacial score (nSPS) is 21.3. The summed E-state index contributed by atoms with van der Waals surface area (Å²) in [5, 5.41) is 4.17. The number of hydrogen-bond acceptors (Lipinski definition) is 6. The second-order valence-corrected chi connectivity index (χ2v) is 8.39. The maximum absolute atomic E-state index is 14.0. The summed E-state index contributed by atoms with van der Waals surface area (Å²) >= 11 is 1.28. The standard InChI is InChI=1S/C19H21F2N5O2S/c1-2-14-23-19-26(24-14)18(28)16(29-19)15(11-3-4-12(20)13(21)9-11)25-7-5-10(6-8-25)17(22)27/h3-4,9-10,15-16H,2,5-8H2,1H3,(H2,22,27). The molecule has 2 N–H and O–H groups in total. The fourth-order valence-corrected chi connectivity index (χ4v) is 5.20. The molecule has 2 aliphatic rings. The first-order valence-corrected chi connectivity index (χ1v) is 10.4. The molecule has 2 aromatic rings. The van der Waals surface area contributed by atoms with Crippen molar-refractivity contribution in [1.29, 1.82) is 0 Å². The zero-order chi connectivity index (χ0) is 20.7. The minimum Gasteiger partial charge on any atom is -0.369 e. The van der Waals surface area contributed by atoms with Crippen LogP contribution in [-0.2, 0) is 11.2 Å². The van der Waals surface area contributed by atoms with Gasteiger partial charge >= 0.3 is 0 Å². The summed E-state index contributed by atoms with van der Waals surface area (Å²) in [6.07, 6.45) is 1.74. The molecule has 1 aromatic heterocycles. The van der Waals surface area contributed by atoms with Gasteiger partial charge in [0.2, 0.25) is 5.91 Å². The van der Waals surface area contributed by atoms with Crippen LogP contribution in [0.4, 0.5) is 8.78 Å². The number of nitrogens with two attached hydrogens (primary N) is 1. The van der Waals surface area contributed by atoms with Crippen LogP contribution in [-0.4, -0.2) is 49.8 Å². The third-order valence-corrected chi connectivity index (χ3v) is 6.71. The van der Waals surface area contributed by atoms with Gasteiger partial charge in [-0.2, -0.15) is 4.68 Å². The average molecular weight is 421 g/mol. The van der Waals surface area contributed by atoms with Gasteiger partial charge in [-0.05, 0) is 43.6 Å². The second-order valence-electron chi connectivity index (χ2n) is 7.28. The van der Waals surface area contributed by atoms with Crippen molar-refractivity contribution < 1.29 is 18.4 Å². The number of amides is 1. The van der Waals surface area contributed by atoms with Crippen LogP contribution in [0.5, 0.6) is 0 Å². The van der Waals surface area contributed by atoms with Crippen molar-refractivity contribution in [3.8, 4) is 0 Å². The Labute approximate surface area is 170 Å². The number of carbonyl (C=O) groups excluding carboxylic acids is 2. The molecule has 2 aliphatic heterocycles. The number of halogens is 2. The van der Waals surface area contributed by atoms with Gasteiger partial charge in [-0.3, -0.25) is 14.5 Å². The number of rotatable bonds is 5. The van der Waals surface area contributed by atoms with E-state index in [1.807, 2.05) is 11.8 Å². The van der Waals surface area contributed by atoms with Crippen LogP contribution in [0.15, 0.2) is 23.4 Å². The SMILES string of the molecule is CCc1nc2n(n1)C(=O)C(C(c1ccc(F)c(F)c1)N1CCC(C(N)=O)CC1)S2. The molecule has 2 unspecified atom stereocenters. The lowest BCUT2D eigenvalue weighted by Crippen LogP contribution is -2.45. The van der Waals surface area contributed by atoms with Gasteiger partial charge in [-0.15, -0.1) is 5.10 Å². The van der Waals surface area contributed by atoms with Crippen molar-refractivity contribution in [1.82, 2.24) is 19.7 Å². The van der Waals surface area contributed by atoms with Crippen LogP contribution in [0, 0.1) is 17.6 Å². The number of benzene rings is 1. The zero-order valence-corrected chi connectivity index (χ0v) is 16.7. The first-order valence-electron chi connectivity index (χ1n) is 9.54. The fraction of sp³-hybridized carbons (Fsp3) is 0.474. The van der Waals surface area contributed by atoms with Gasteiger partial charge in [-0.1, -0.05) is 24.8 Å². The Kier molecular flexibility index (Phi) is 5.39. The molecule has 2 atom stereocenters. The van der Waals surface area contributed by atoms with Crippen molar-refractivity contribution in [3.05, 3.63) is 41.2 Å². The average Bonchev–Trinajstić information content (AvgIpc) is 3.25. The van der Waals surface area contributed by atoms with E-state index in [-0.39, 0.29) is 17.7 Å². The van der Waals surface area contributed by atoms with E-state index in [1.165, 1.54) is 22.5 Å². The van der Waals surface area contributed by atoms with Crippen molar-refractivity contribution >= 4 is 23.6 Å². The molecule has 29 heavy (non-hydrogen) atoms. The quantitative estimate of drug-likeness (QED) is 0.795. The van der Waals surface area contributed by atoms with Gasteiger partial charge in [0.25, 0.3) is 5.91 Å². The minimum absolute atomic E-state index is 0.215. The number of carbonyl (C=O) groups is 2. The van der Waals surface area contributed by atoms with E-state index in [1.54, 1.807) is 0 Å². The fourth-order valence-electron chi connectivity index (χ4n) is 3.93. The molecule has 4 rings (SSSR count). The Morgan fingerprint density at radius 3 is 2.62 bits per heavy atom. The smallest absolute Gasteiger partial charge is 0.264 e. The topological polar surface area (TPSA) is 94.1 Å². The lowest BCUT2D eigenvalue weighted by molar-refractivity contribution is -0.123. The highest BCUT2D eigenvalue weighted by atomic mass is 32.2. The Morgan fingerprint density at radius 1 is 1.31 bits per heavy atom. The molecule has 0 aliphatic carbocycles. The molecular weight excluding hydrogens is 400 g/mol. The van der Waals surface area contributed by atoms with Crippen LogP contribution in [0.25, 0.3) is 0 Å². The van der Waals surface area contributed by atoms with Gasteiger partial charge in [0, 0.05) is 12.3 Å². The molecule has 0 saturated carbocycles. The molecule has 1 aromatic carbocycles. The molecule has 0 radical (unpaired) electrons. The summed E-state index contributed by atoms with van der Waals surface area (Å²) in [6.45, 7) is 2.96. The third-order valence-electron chi connectivity index (χ3n) is 5.52. The zero-order valence-electron chi connectivity index (χ0n) is 15.8. The Balaban J connectivity index is 1.66. The monoisotopic (exact) mass is 421 g/mol. The van der Waals surface area contributed by atoms with Crippen LogP contribution in [0.2, 0.25) is 0 Å². The summed E-state index contributed by atoms with van der Waals surface area (Å²) in [4.78, 5) is 31.0. The van der Waals surface area contributed by atoms with Crippen molar-refractivity contribution in [2.75, 3.05) is 13.1 Å². The number of aromatic nitrogens is 3. The van der Waals surface area contributed by atoms with E-state index in [0.717, 1.165) is 12.1 Å². The number of aryl methyl sites for hydroxylation is 1. The van der Waals surface area contributed by atoms with E-state index >= 15 is 0 Å². The summed E-state index contributed by atoms with van der Waals surface area (Å²) in [6, 6.07) is 3.22. The predicted octanol–water partition coefficient (Wildman–Crippen LogP) is 2.17. The largest absolute Gasteiger partial charge is 0.369 e. The highest BCUT2D eigenvalue weighted by Crippen LogP contribution is 2.42. The molecule has 0 spiro atoms. The maximum Gasteiger partial charge on any atom is 0.264 e.